The monoisotopic (exact) mass is 413 g/mol. The Morgan fingerprint density at radius 2 is 1.65 bits per heavy atom. The smallest absolute Gasteiger partial charge is 0.254 e. The number of aliphatic hydroxyl groups is 1. The van der Waals surface area contributed by atoms with Crippen molar-refractivity contribution < 1.29 is 9.90 Å². The van der Waals surface area contributed by atoms with E-state index in [9.17, 15) is 9.90 Å². The number of aliphatic hydroxyl groups excluding tert-OH is 1. The summed E-state index contributed by atoms with van der Waals surface area (Å²) in [5.41, 5.74) is 6.79. The van der Waals surface area contributed by atoms with E-state index in [0.29, 0.717) is 19.6 Å². The Balaban J connectivity index is 1.22. The Morgan fingerprint density at radius 1 is 0.871 bits per heavy atom. The summed E-state index contributed by atoms with van der Waals surface area (Å²) >= 11 is 0. The molecule has 158 valence electrons. The lowest BCUT2D eigenvalue weighted by Crippen LogP contribution is -2.46. The molecule has 0 spiro atoms. The van der Waals surface area contributed by atoms with Crippen molar-refractivity contribution in [1.29, 1.82) is 0 Å². The minimum Gasteiger partial charge on any atom is -0.390 e. The maximum atomic E-state index is 13.0. The highest BCUT2D eigenvalue weighted by Gasteiger charge is 2.27. The van der Waals surface area contributed by atoms with Crippen LogP contribution >= 0.6 is 0 Å². The molecule has 3 aromatic rings. The molecule has 0 saturated carbocycles. The average molecular weight is 414 g/mol. The van der Waals surface area contributed by atoms with Crippen molar-refractivity contribution in [1.82, 2.24) is 14.8 Å². The van der Waals surface area contributed by atoms with Crippen LogP contribution < -0.4 is 0 Å². The van der Waals surface area contributed by atoms with Crippen LogP contribution in [-0.2, 0) is 19.4 Å². The number of hydrogen-bond donors (Lipinski definition) is 1. The highest BCUT2D eigenvalue weighted by atomic mass is 16.3. The van der Waals surface area contributed by atoms with E-state index in [-0.39, 0.29) is 5.91 Å². The van der Waals surface area contributed by atoms with Gasteiger partial charge in [0.05, 0.1) is 6.10 Å². The number of hydrogen-bond acceptors (Lipinski definition) is 4. The van der Waals surface area contributed by atoms with Crippen molar-refractivity contribution in [2.75, 3.05) is 26.2 Å². The molecule has 1 aromatic heterocycles. The number of carbonyl (C=O) groups is 1. The van der Waals surface area contributed by atoms with Crippen molar-refractivity contribution in [3.8, 4) is 11.1 Å². The summed E-state index contributed by atoms with van der Waals surface area (Å²) in [5, 5.41) is 10.7. The molecule has 0 fully saturated rings. The second-order valence-corrected chi connectivity index (χ2v) is 8.52. The summed E-state index contributed by atoms with van der Waals surface area (Å²) in [4.78, 5) is 21.2. The summed E-state index contributed by atoms with van der Waals surface area (Å²) in [7, 11) is 0. The van der Waals surface area contributed by atoms with E-state index in [4.69, 9.17) is 0 Å². The van der Waals surface area contributed by atoms with Crippen molar-refractivity contribution in [3.63, 3.8) is 0 Å². The zero-order chi connectivity index (χ0) is 21.2. The van der Waals surface area contributed by atoms with Gasteiger partial charge in [-0.2, -0.15) is 0 Å². The van der Waals surface area contributed by atoms with Crippen LogP contribution in [0.25, 0.3) is 11.1 Å². The molecule has 1 N–H and O–H groups in total. The van der Waals surface area contributed by atoms with E-state index < -0.39 is 6.10 Å². The molecular formula is C26H27N3O2. The zero-order valence-corrected chi connectivity index (χ0v) is 17.6. The number of benzene rings is 2. The standard InChI is InChI=1S/C26H27N3O2/c30-24(17-28-13-9-19-3-1-2-4-23(19)16-28)18-29-14-10-22-15-21(5-6-25(22)26(29)31)20-7-11-27-12-8-20/h1-8,11-12,15,24,30H,9-10,13-14,16-18H2/t24-/m1/s1. The Kier molecular flexibility index (Phi) is 5.53. The fourth-order valence-corrected chi connectivity index (χ4v) is 4.75. The molecule has 2 aromatic carbocycles. The van der Waals surface area contributed by atoms with E-state index in [0.717, 1.165) is 48.2 Å². The van der Waals surface area contributed by atoms with Gasteiger partial charge in [0.1, 0.15) is 0 Å². The average Bonchev–Trinajstić information content (AvgIpc) is 2.81. The third-order valence-electron chi connectivity index (χ3n) is 6.40. The van der Waals surface area contributed by atoms with E-state index >= 15 is 0 Å². The molecule has 1 atom stereocenters. The first-order valence-corrected chi connectivity index (χ1v) is 11.0. The Morgan fingerprint density at radius 3 is 2.48 bits per heavy atom. The highest BCUT2D eigenvalue weighted by molar-refractivity contribution is 5.97. The van der Waals surface area contributed by atoms with Crippen LogP contribution in [0.1, 0.15) is 27.0 Å². The largest absolute Gasteiger partial charge is 0.390 e. The Bertz CT molecular complexity index is 1080. The molecule has 5 nitrogen and oxygen atoms in total. The van der Waals surface area contributed by atoms with E-state index in [1.54, 1.807) is 17.3 Å². The summed E-state index contributed by atoms with van der Waals surface area (Å²) < 4.78 is 0. The van der Waals surface area contributed by atoms with Gasteiger partial charge in [-0.15, -0.1) is 0 Å². The summed E-state index contributed by atoms with van der Waals surface area (Å²) in [5.74, 6) is 0.0190. The van der Waals surface area contributed by atoms with Gasteiger partial charge in [0.2, 0.25) is 0 Å². The van der Waals surface area contributed by atoms with Gasteiger partial charge < -0.3 is 10.0 Å². The minimum atomic E-state index is -0.549. The molecule has 2 aliphatic rings. The van der Waals surface area contributed by atoms with E-state index in [1.807, 2.05) is 24.3 Å². The maximum Gasteiger partial charge on any atom is 0.254 e. The molecule has 0 unspecified atom stereocenters. The van der Waals surface area contributed by atoms with Gasteiger partial charge in [0.25, 0.3) is 5.91 Å². The molecule has 5 heteroatoms. The number of rotatable bonds is 5. The molecule has 3 heterocycles. The van der Waals surface area contributed by atoms with Crippen molar-refractivity contribution in [2.45, 2.75) is 25.5 Å². The lowest BCUT2D eigenvalue weighted by Gasteiger charge is -2.34. The highest BCUT2D eigenvalue weighted by Crippen LogP contribution is 2.26. The lowest BCUT2D eigenvalue weighted by molar-refractivity contribution is 0.0493. The molecule has 0 aliphatic carbocycles. The first-order valence-electron chi connectivity index (χ1n) is 11.0. The second kappa shape index (κ2) is 8.61. The van der Waals surface area contributed by atoms with Crippen LogP contribution in [0.4, 0.5) is 0 Å². The Hall–Kier alpha value is -3.02. The topological polar surface area (TPSA) is 56.7 Å². The fraction of sp³-hybridized carbons (Fsp3) is 0.308. The third-order valence-corrected chi connectivity index (χ3v) is 6.40. The summed E-state index contributed by atoms with van der Waals surface area (Å²) in [6.07, 6.45) is 4.84. The summed E-state index contributed by atoms with van der Waals surface area (Å²) in [6, 6.07) is 18.5. The van der Waals surface area contributed by atoms with Crippen LogP contribution in [0.2, 0.25) is 0 Å². The van der Waals surface area contributed by atoms with Crippen LogP contribution in [0.3, 0.4) is 0 Å². The number of pyridine rings is 1. The van der Waals surface area contributed by atoms with Gasteiger partial charge in [-0.25, -0.2) is 0 Å². The maximum absolute atomic E-state index is 13.0. The van der Waals surface area contributed by atoms with Crippen molar-refractivity contribution >= 4 is 5.91 Å². The molecule has 5 rings (SSSR count). The quantitative estimate of drug-likeness (QED) is 0.698. The van der Waals surface area contributed by atoms with Crippen LogP contribution in [0.15, 0.2) is 67.0 Å². The molecule has 0 radical (unpaired) electrons. The number of carbonyl (C=O) groups excluding carboxylic acids is 1. The zero-order valence-electron chi connectivity index (χ0n) is 17.6. The van der Waals surface area contributed by atoms with E-state index in [1.165, 1.54) is 11.1 Å². The van der Waals surface area contributed by atoms with Gasteiger partial charge in [-0.1, -0.05) is 36.4 Å². The molecule has 1 amide bonds. The van der Waals surface area contributed by atoms with Crippen LogP contribution in [-0.4, -0.2) is 58.1 Å². The van der Waals surface area contributed by atoms with Crippen LogP contribution in [0, 0.1) is 0 Å². The minimum absolute atomic E-state index is 0.0190. The first-order chi connectivity index (χ1) is 15.2. The van der Waals surface area contributed by atoms with Crippen molar-refractivity contribution in [2.24, 2.45) is 0 Å². The molecule has 0 saturated heterocycles. The summed E-state index contributed by atoms with van der Waals surface area (Å²) in [6.45, 7) is 3.42. The van der Waals surface area contributed by atoms with Gasteiger partial charge in [-0.05, 0) is 58.9 Å². The molecule has 31 heavy (non-hydrogen) atoms. The number of amides is 1. The fourth-order valence-electron chi connectivity index (χ4n) is 4.75. The lowest BCUT2D eigenvalue weighted by atomic mass is 9.94. The number of β-amino-alcohol motifs (C(OH)–C–C–N with tert-alkyl or cyclic N) is 1. The predicted molar refractivity (Wildman–Crippen MR) is 121 cm³/mol. The van der Waals surface area contributed by atoms with Crippen molar-refractivity contribution in [3.05, 3.63) is 89.2 Å². The second-order valence-electron chi connectivity index (χ2n) is 8.52. The first kappa shape index (κ1) is 19.9. The van der Waals surface area contributed by atoms with Gasteiger partial charge in [0.15, 0.2) is 0 Å². The normalized spacial score (nSPS) is 17.2. The predicted octanol–water partition coefficient (Wildman–Crippen LogP) is 3.17. The third kappa shape index (κ3) is 4.24. The van der Waals surface area contributed by atoms with Gasteiger partial charge in [0, 0.05) is 50.7 Å². The van der Waals surface area contributed by atoms with Crippen LogP contribution in [0.5, 0.6) is 0 Å². The van der Waals surface area contributed by atoms with Gasteiger partial charge in [-0.3, -0.25) is 14.7 Å². The molecule has 2 aliphatic heterocycles. The number of fused-ring (bicyclic) bond motifs is 2. The van der Waals surface area contributed by atoms with Gasteiger partial charge >= 0.3 is 0 Å². The van der Waals surface area contributed by atoms with E-state index in [2.05, 4.69) is 40.2 Å². The number of nitrogens with zero attached hydrogens (tertiary/aromatic N) is 3. The molecule has 0 bridgehead atoms. The Labute approximate surface area is 183 Å². The molecular weight excluding hydrogens is 386 g/mol. The SMILES string of the molecule is O=C1c2ccc(-c3ccncc3)cc2CCN1C[C@H](O)CN1CCc2ccccc2C1. The number of aromatic nitrogens is 1.